The van der Waals surface area contributed by atoms with E-state index in [1.54, 1.807) is 18.9 Å². The number of aryl methyl sites for hydroxylation is 1. The molecule has 0 fully saturated rings. The Morgan fingerprint density at radius 3 is 2.79 bits per heavy atom. The Kier molecular flexibility index (Phi) is 5.19. The summed E-state index contributed by atoms with van der Waals surface area (Å²) in [4.78, 5) is 1.16. The summed E-state index contributed by atoms with van der Waals surface area (Å²) in [5.74, 6) is 1.50. The highest BCUT2D eigenvalue weighted by atomic mass is 32.2. The van der Waals surface area contributed by atoms with Crippen molar-refractivity contribution in [1.29, 1.82) is 5.26 Å². The van der Waals surface area contributed by atoms with Crippen LogP contribution < -0.4 is 15.2 Å². The molecule has 0 aliphatic carbocycles. The molecule has 0 radical (unpaired) electrons. The Labute approximate surface area is 173 Å². The van der Waals surface area contributed by atoms with Crippen LogP contribution in [0.5, 0.6) is 11.6 Å². The summed E-state index contributed by atoms with van der Waals surface area (Å²) in [6, 6.07) is 18.2. The molecule has 0 spiro atoms. The number of aromatic nitrogens is 2. The van der Waals surface area contributed by atoms with E-state index >= 15 is 0 Å². The van der Waals surface area contributed by atoms with E-state index in [-0.39, 0.29) is 11.8 Å². The third kappa shape index (κ3) is 3.67. The normalized spacial score (nSPS) is 15.4. The van der Waals surface area contributed by atoms with Crippen molar-refractivity contribution in [3.8, 4) is 17.7 Å². The Morgan fingerprint density at radius 1 is 1.28 bits per heavy atom. The first-order valence-corrected chi connectivity index (χ1v) is 10.1. The Morgan fingerprint density at radius 2 is 2.07 bits per heavy atom. The molecule has 1 aliphatic rings. The number of benzene rings is 2. The highest BCUT2D eigenvalue weighted by Crippen LogP contribution is 2.44. The number of nitriles is 1. The van der Waals surface area contributed by atoms with Crippen LogP contribution in [0.3, 0.4) is 0 Å². The fraction of sp³-hybridized carbons (Fsp3) is 0.182. The van der Waals surface area contributed by atoms with Gasteiger partial charge in [0.15, 0.2) is 0 Å². The first kappa shape index (κ1) is 19.0. The van der Waals surface area contributed by atoms with Gasteiger partial charge >= 0.3 is 0 Å². The molecule has 146 valence electrons. The van der Waals surface area contributed by atoms with Gasteiger partial charge in [0.05, 0.1) is 24.3 Å². The molecule has 1 aliphatic heterocycles. The van der Waals surface area contributed by atoms with Gasteiger partial charge < -0.3 is 15.2 Å². The summed E-state index contributed by atoms with van der Waals surface area (Å²) in [7, 11) is 1.62. The number of nitrogens with two attached hydrogens (primary N) is 1. The number of rotatable bonds is 5. The van der Waals surface area contributed by atoms with Gasteiger partial charge in [0, 0.05) is 10.6 Å². The Bertz CT molecular complexity index is 1110. The molecule has 1 aromatic heterocycles. The maximum atomic E-state index is 9.77. The van der Waals surface area contributed by atoms with Gasteiger partial charge in [0.2, 0.25) is 11.8 Å². The van der Waals surface area contributed by atoms with E-state index in [0.29, 0.717) is 23.0 Å². The molecule has 3 aromatic rings. The van der Waals surface area contributed by atoms with E-state index in [1.807, 2.05) is 24.3 Å². The van der Waals surface area contributed by atoms with Crippen LogP contribution in [0.25, 0.3) is 0 Å². The van der Waals surface area contributed by atoms with Gasteiger partial charge in [0.1, 0.15) is 17.4 Å². The van der Waals surface area contributed by atoms with Gasteiger partial charge in [-0.3, -0.25) is 5.10 Å². The van der Waals surface area contributed by atoms with Crippen LogP contribution >= 0.6 is 11.8 Å². The van der Waals surface area contributed by atoms with E-state index in [0.717, 1.165) is 21.7 Å². The first-order chi connectivity index (χ1) is 14.1. The van der Waals surface area contributed by atoms with Crippen LogP contribution in [0.2, 0.25) is 0 Å². The topological polar surface area (TPSA) is 96.9 Å². The van der Waals surface area contributed by atoms with Crippen LogP contribution in [-0.4, -0.2) is 17.3 Å². The van der Waals surface area contributed by atoms with Crippen molar-refractivity contribution in [3.63, 3.8) is 0 Å². The maximum Gasteiger partial charge on any atom is 0.244 e. The average molecular weight is 404 g/mol. The minimum absolute atomic E-state index is 0.0806. The van der Waals surface area contributed by atoms with Crippen molar-refractivity contribution in [2.75, 3.05) is 7.11 Å². The number of aromatic amines is 1. The number of hydrogen-bond donors (Lipinski definition) is 2. The maximum absolute atomic E-state index is 9.77. The lowest BCUT2D eigenvalue weighted by atomic mass is 9.84. The minimum Gasteiger partial charge on any atom is -0.497 e. The number of nitrogens with zero attached hydrogens (tertiary/aromatic N) is 2. The van der Waals surface area contributed by atoms with Crippen LogP contribution in [0.4, 0.5) is 0 Å². The predicted octanol–water partition coefficient (Wildman–Crippen LogP) is 4.24. The zero-order valence-electron chi connectivity index (χ0n) is 16.1. The van der Waals surface area contributed by atoms with Crippen LogP contribution in [0.1, 0.15) is 28.3 Å². The number of thioether (sulfide) groups is 1. The number of methoxy groups -OCH3 is 1. The second-order valence-electron chi connectivity index (χ2n) is 6.72. The molecule has 0 unspecified atom stereocenters. The third-order valence-corrected chi connectivity index (χ3v) is 5.89. The van der Waals surface area contributed by atoms with Crippen molar-refractivity contribution in [1.82, 2.24) is 10.2 Å². The molecule has 2 heterocycles. The smallest absolute Gasteiger partial charge is 0.244 e. The number of fused-ring (bicyclic) bond motifs is 1. The van der Waals surface area contributed by atoms with E-state index in [1.165, 1.54) is 5.56 Å². The number of allylic oxidation sites excluding steroid dienone is 1. The second kappa shape index (κ2) is 7.94. The van der Waals surface area contributed by atoms with E-state index < -0.39 is 0 Å². The molecule has 4 rings (SSSR count). The van der Waals surface area contributed by atoms with Crippen molar-refractivity contribution >= 4 is 11.8 Å². The Balaban J connectivity index is 1.73. The highest BCUT2D eigenvalue weighted by molar-refractivity contribution is 7.98. The summed E-state index contributed by atoms with van der Waals surface area (Å²) in [5, 5.41) is 17.2. The first-order valence-electron chi connectivity index (χ1n) is 9.09. The van der Waals surface area contributed by atoms with Crippen LogP contribution in [0, 0.1) is 18.3 Å². The number of nitrogens with one attached hydrogen (secondary N) is 1. The number of H-pyrrole nitrogens is 1. The quantitative estimate of drug-likeness (QED) is 0.618. The zero-order valence-corrected chi connectivity index (χ0v) is 16.9. The number of ether oxygens (including phenoxy) is 2. The minimum atomic E-state index is -0.369. The molecule has 1 atom stereocenters. The van der Waals surface area contributed by atoms with E-state index in [2.05, 4.69) is 47.5 Å². The molecule has 0 bridgehead atoms. The second-order valence-corrected chi connectivity index (χ2v) is 7.77. The van der Waals surface area contributed by atoms with Crippen molar-refractivity contribution in [3.05, 3.63) is 82.4 Å². The summed E-state index contributed by atoms with van der Waals surface area (Å²) >= 11 is 1.69. The fourth-order valence-corrected chi connectivity index (χ4v) is 4.22. The summed E-state index contributed by atoms with van der Waals surface area (Å²) < 4.78 is 11.0. The molecule has 6 nitrogen and oxygen atoms in total. The van der Waals surface area contributed by atoms with E-state index in [4.69, 9.17) is 15.2 Å². The van der Waals surface area contributed by atoms with Crippen molar-refractivity contribution in [2.24, 2.45) is 5.73 Å². The molecular formula is C22H20N4O2S. The van der Waals surface area contributed by atoms with Gasteiger partial charge in [-0.1, -0.05) is 29.8 Å². The standard InChI is InChI=1S/C22H20N4O2S/c1-13-6-8-16(9-7-13)29-12-18-20-19(14-4-3-5-15(10-14)27-2)17(11-23)21(24)28-22(20)26-25-18/h3-10,19H,12,24H2,1-2H3,(H,25,26)/t19-/m0/s1. The lowest BCUT2D eigenvalue weighted by molar-refractivity contribution is 0.378. The summed E-state index contributed by atoms with van der Waals surface area (Å²) in [6.07, 6.45) is 0. The summed E-state index contributed by atoms with van der Waals surface area (Å²) in [6.45, 7) is 2.07. The molecule has 0 amide bonds. The van der Waals surface area contributed by atoms with Crippen LogP contribution in [0.15, 0.2) is 64.9 Å². The molecule has 0 saturated heterocycles. The average Bonchev–Trinajstić information content (AvgIpc) is 3.14. The molecule has 29 heavy (non-hydrogen) atoms. The molecule has 0 saturated carbocycles. The SMILES string of the molecule is COc1cccc([C@H]2C(C#N)=C(N)Oc3n[nH]c(CSc4ccc(C)cc4)c32)c1. The van der Waals surface area contributed by atoms with Gasteiger partial charge in [-0.05, 0) is 36.8 Å². The highest BCUT2D eigenvalue weighted by Gasteiger charge is 2.35. The third-order valence-electron chi connectivity index (χ3n) is 4.85. The van der Waals surface area contributed by atoms with Gasteiger partial charge in [-0.15, -0.1) is 16.9 Å². The predicted molar refractivity (Wildman–Crippen MR) is 112 cm³/mol. The zero-order chi connectivity index (χ0) is 20.4. The monoisotopic (exact) mass is 404 g/mol. The number of hydrogen-bond acceptors (Lipinski definition) is 6. The van der Waals surface area contributed by atoms with Gasteiger partial charge in [0.25, 0.3) is 0 Å². The molecular weight excluding hydrogens is 384 g/mol. The van der Waals surface area contributed by atoms with Crippen molar-refractivity contribution in [2.45, 2.75) is 23.5 Å². The summed E-state index contributed by atoms with van der Waals surface area (Å²) in [5.41, 5.74) is 10.3. The van der Waals surface area contributed by atoms with Gasteiger partial charge in [-0.2, -0.15) is 5.26 Å². The lowest BCUT2D eigenvalue weighted by Crippen LogP contribution is -2.21. The largest absolute Gasteiger partial charge is 0.497 e. The van der Waals surface area contributed by atoms with Crippen LogP contribution in [-0.2, 0) is 5.75 Å². The fourth-order valence-electron chi connectivity index (χ4n) is 3.36. The van der Waals surface area contributed by atoms with Crippen molar-refractivity contribution < 1.29 is 9.47 Å². The molecule has 3 N–H and O–H groups in total. The molecule has 2 aromatic carbocycles. The lowest BCUT2D eigenvalue weighted by Gasteiger charge is -2.24. The molecule has 7 heteroatoms. The van der Waals surface area contributed by atoms with Gasteiger partial charge in [-0.25, -0.2) is 0 Å². The Hall–Kier alpha value is -3.37. The van der Waals surface area contributed by atoms with E-state index in [9.17, 15) is 5.26 Å².